The molecule has 1 heterocycles. The van der Waals surface area contributed by atoms with Crippen LogP contribution in [0.4, 0.5) is 0 Å². The van der Waals surface area contributed by atoms with Crippen LogP contribution in [0.15, 0.2) is 4.99 Å². The molecule has 0 bridgehead atoms. The molecule has 1 aliphatic rings. The third-order valence-corrected chi connectivity index (χ3v) is 3.32. The first kappa shape index (κ1) is 15.2. The number of rotatable bonds is 6. The number of methoxy groups -OCH3 is 1. The maximum absolute atomic E-state index is 5.02. The lowest BCUT2D eigenvalue weighted by atomic mass is 9.99. The SMILES string of the molecule is CN=C(NCCCOC)NCC1CCCN(C)C1. The second kappa shape index (κ2) is 9.16. The van der Waals surface area contributed by atoms with E-state index in [-0.39, 0.29) is 0 Å². The van der Waals surface area contributed by atoms with Crippen molar-refractivity contribution in [1.82, 2.24) is 15.5 Å². The first-order valence-electron chi connectivity index (χ1n) is 6.88. The van der Waals surface area contributed by atoms with Crippen molar-refractivity contribution in [3.05, 3.63) is 0 Å². The highest BCUT2D eigenvalue weighted by Gasteiger charge is 2.16. The highest BCUT2D eigenvalue weighted by molar-refractivity contribution is 5.79. The van der Waals surface area contributed by atoms with E-state index in [0.717, 1.165) is 38.0 Å². The number of hydrogen-bond donors (Lipinski definition) is 2. The molecule has 1 fully saturated rings. The van der Waals surface area contributed by atoms with E-state index in [1.165, 1.54) is 25.9 Å². The summed E-state index contributed by atoms with van der Waals surface area (Å²) in [5.41, 5.74) is 0. The maximum Gasteiger partial charge on any atom is 0.190 e. The number of nitrogens with zero attached hydrogens (tertiary/aromatic N) is 2. The van der Waals surface area contributed by atoms with Gasteiger partial charge in [0, 0.05) is 40.4 Å². The number of piperidine rings is 1. The number of likely N-dealkylation sites (tertiary alicyclic amines) is 1. The summed E-state index contributed by atoms with van der Waals surface area (Å²) in [6.07, 6.45) is 3.63. The highest BCUT2D eigenvalue weighted by Crippen LogP contribution is 2.13. The molecule has 1 saturated heterocycles. The van der Waals surface area contributed by atoms with Gasteiger partial charge < -0.3 is 20.3 Å². The molecule has 1 aliphatic heterocycles. The normalized spacial score (nSPS) is 21.9. The van der Waals surface area contributed by atoms with Crippen LogP contribution in [0, 0.1) is 5.92 Å². The Morgan fingerprint density at radius 1 is 1.44 bits per heavy atom. The number of hydrogen-bond acceptors (Lipinski definition) is 3. The monoisotopic (exact) mass is 256 g/mol. The van der Waals surface area contributed by atoms with Crippen LogP contribution in [0.5, 0.6) is 0 Å². The Balaban J connectivity index is 2.14. The molecule has 0 radical (unpaired) electrons. The lowest BCUT2D eigenvalue weighted by Gasteiger charge is -2.30. The van der Waals surface area contributed by atoms with Crippen molar-refractivity contribution in [2.24, 2.45) is 10.9 Å². The number of guanidine groups is 1. The summed E-state index contributed by atoms with van der Waals surface area (Å²) in [7, 11) is 5.75. The van der Waals surface area contributed by atoms with Crippen LogP contribution in [0.3, 0.4) is 0 Å². The summed E-state index contributed by atoms with van der Waals surface area (Å²) in [4.78, 5) is 6.64. The third kappa shape index (κ3) is 6.21. The van der Waals surface area contributed by atoms with Gasteiger partial charge in [0.05, 0.1) is 0 Å². The smallest absolute Gasteiger partial charge is 0.190 e. The second-order valence-electron chi connectivity index (χ2n) is 5.00. The fraction of sp³-hybridized carbons (Fsp3) is 0.923. The van der Waals surface area contributed by atoms with Gasteiger partial charge in [-0.15, -0.1) is 0 Å². The molecule has 0 aliphatic carbocycles. The number of nitrogens with one attached hydrogen (secondary N) is 2. The summed E-state index contributed by atoms with van der Waals surface area (Å²) in [6.45, 7) is 5.12. The fourth-order valence-corrected chi connectivity index (χ4v) is 2.32. The molecule has 1 rings (SSSR count). The molecule has 0 spiro atoms. The third-order valence-electron chi connectivity index (χ3n) is 3.32. The maximum atomic E-state index is 5.02. The predicted molar refractivity (Wildman–Crippen MR) is 76.1 cm³/mol. The van der Waals surface area contributed by atoms with Crippen LogP contribution in [0.25, 0.3) is 0 Å². The minimum absolute atomic E-state index is 0.737. The number of ether oxygens (including phenoxy) is 1. The lowest BCUT2D eigenvalue weighted by Crippen LogP contribution is -2.43. The first-order valence-corrected chi connectivity index (χ1v) is 6.88. The van der Waals surface area contributed by atoms with Gasteiger partial charge in [-0.1, -0.05) is 0 Å². The van der Waals surface area contributed by atoms with E-state index < -0.39 is 0 Å². The summed E-state index contributed by atoms with van der Waals surface area (Å²) in [5, 5.41) is 6.71. The second-order valence-corrected chi connectivity index (χ2v) is 5.00. The Kier molecular flexibility index (Phi) is 7.76. The van der Waals surface area contributed by atoms with E-state index >= 15 is 0 Å². The summed E-state index contributed by atoms with van der Waals surface area (Å²) < 4.78 is 5.02. The molecule has 1 atom stereocenters. The zero-order chi connectivity index (χ0) is 13.2. The van der Waals surface area contributed by atoms with Crippen LogP contribution in [0.1, 0.15) is 19.3 Å². The van der Waals surface area contributed by atoms with Gasteiger partial charge in [0.25, 0.3) is 0 Å². The lowest BCUT2D eigenvalue weighted by molar-refractivity contribution is 0.195. The molecule has 2 N–H and O–H groups in total. The van der Waals surface area contributed by atoms with E-state index in [4.69, 9.17) is 4.74 Å². The molecule has 0 saturated carbocycles. The van der Waals surface area contributed by atoms with Gasteiger partial charge >= 0.3 is 0 Å². The molecule has 5 heteroatoms. The average Bonchev–Trinajstić information content (AvgIpc) is 2.38. The Morgan fingerprint density at radius 3 is 2.94 bits per heavy atom. The summed E-state index contributed by atoms with van der Waals surface area (Å²) >= 11 is 0. The summed E-state index contributed by atoms with van der Waals surface area (Å²) in [5.74, 6) is 1.64. The molecular formula is C13H28N4O. The molecule has 0 aromatic rings. The number of aliphatic imine (C=N–C) groups is 1. The average molecular weight is 256 g/mol. The Morgan fingerprint density at radius 2 is 2.28 bits per heavy atom. The van der Waals surface area contributed by atoms with Crippen molar-refractivity contribution < 1.29 is 4.74 Å². The molecule has 0 amide bonds. The van der Waals surface area contributed by atoms with Crippen LogP contribution in [0.2, 0.25) is 0 Å². The minimum Gasteiger partial charge on any atom is -0.385 e. The van der Waals surface area contributed by atoms with Crippen LogP contribution < -0.4 is 10.6 Å². The van der Waals surface area contributed by atoms with Gasteiger partial charge in [-0.25, -0.2) is 0 Å². The molecule has 18 heavy (non-hydrogen) atoms. The molecule has 106 valence electrons. The van der Waals surface area contributed by atoms with Crippen molar-refractivity contribution in [2.45, 2.75) is 19.3 Å². The van der Waals surface area contributed by atoms with Crippen LogP contribution in [-0.2, 0) is 4.74 Å². The first-order chi connectivity index (χ1) is 8.76. The Hall–Kier alpha value is -0.810. The van der Waals surface area contributed by atoms with Crippen LogP contribution >= 0.6 is 0 Å². The van der Waals surface area contributed by atoms with Gasteiger partial charge in [-0.3, -0.25) is 4.99 Å². The standard InChI is InChI=1S/C13H28N4O/c1-14-13(15-7-5-9-18-3)16-10-12-6-4-8-17(2)11-12/h12H,4-11H2,1-3H3,(H2,14,15,16). The predicted octanol–water partition coefficient (Wildman–Crippen LogP) is 0.530. The van der Waals surface area contributed by atoms with Crippen molar-refractivity contribution in [3.63, 3.8) is 0 Å². The molecular weight excluding hydrogens is 228 g/mol. The molecule has 5 nitrogen and oxygen atoms in total. The zero-order valence-corrected chi connectivity index (χ0v) is 12.0. The van der Waals surface area contributed by atoms with E-state index in [1.54, 1.807) is 7.11 Å². The van der Waals surface area contributed by atoms with Crippen molar-refractivity contribution >= 4 is 5.96 Å². The Bertz CT molecular complexity index is 245. The van der Waals surface area contributed by atoms with Crippen molar-refractivity contribution in [2.75, 3.05) is 54.0 Å². The van der Waals surface area contributed by atoms with Gasteiger partial charge in [-0.05, 0) is 38.8 Å². The Labute approximate surface area is 111 Å². The van der Waals surface area contributed by atoms with Crippen LogP contribution in [-0.4, -0.2) is 64.9 Å². The molecule has 0 aromatic heterocycles. The topological polar surface area (TPSA) is 48.9 Å². The van der Waals surface area contributed by atoms with Gasteiger partial charge in [0.15, 0.2) is 5.96 Å². The van der Waals surface area contributed by atoms with Gasteiger partial charge in [0.1, 0.15) is 0 Å². The molecule has 1 unspecified atom stereocenters. The van der Waals surface area contributed by atoms with E-state index in [0.29, 0.717) is 0 Å². The highest BCUT2D eigenvalue weighted by atomic mass is 16.5. The minimum atomic E-state index is 0.737. The largest absolute Gasteiger partial charge is 0.385 e. The van der Waals surface area contributed by atoms with Gasteiger partial charge in [0.2, 0.25) is 0 Å². The van der Waals surface area contributed by atoms with E-state index in [1.807, 2.05) is 7.05 Å². The zero-order valence-electron chi connectivity index (χ0n) is 12.0. The fourth-order valence-electron chi connectivity index (χ4n) is 2.32. The summed E-state index contributed by atoms with van der Waals surface area (Å²) in [6, 6.07) is 0. The molecule has 0 aromatic carbocycles. The van der Waals surface area contributed by atoms with Crippen molar-refractivity contribution in [1.29, 1.82) is 0 Å². The van der Waals surface area contributed by atoms with Gasteiger partial charge in [-0.2, -0.15) is 0 Å². The quantitative estimate of drug-likeness (QED) is 0.413. The van der Waals surface area contributed by atoms with E-state index in [2.05, 4.69) is 27.6 Å². The van der Waals surface area contributed by atoms with E-state index in [9.17, 15) is 0 Å². The van der Waals surface area contributed by atoms with Crippen molar-refractivity contribution in [3.8, 4) is 0 Å².